The molecule has 6 nitrogen and oxygen atoms in total. The van der Waals surface area contributed by atoms with Crippen molar-refractivity contribution in [2.75, 3.05) is 0 Å². The van der Waals surface area contributed by atoms with Crippen molar-refractivity contribution in [1.82, 2.24) is 9.55 Å². The topological polar surface area (TPSA) is 88.1 Å². The van der Waals surface area contributed by atoms with E-state index in [4.69, 9.17) is 10.00 Å². The summed E-state index contributed by atoms with van der Waals surface area (Å²) in [5.41, 5.74) is -0.594. The van der Waals surface area contributed by atoms with Crippen LogP contribution in [0.3, 0.4) is 0 Å². The summed E-state index contributed by atoms with van der Waals surface area (Å²) < 4.78 is 6.94. The van der Waals surface area contributed by atoms with Gasteiger partial charge in [-0.25, -0.2) is 9.78 Å². The highest BCUT2D eigenvalue weighted by Crippen LogP contribution is 2.25. The van der Waals surface area contributed by atoms with Crippen molar-refractivity contribution in [2.24, 2.45) is 5.41 Å². The van der Waals surface area contributed by atoms with E-state index in [1.165, 1.54) is 12.3 Å². The smallest absolute Gasteiger partial charge is 0.342 e. The van der Waals surface area contributed by atoms with Gasteiger partial charge >= 0.3 is 5.97 Å². The van der Waals surface area contributed by atoms with Crippen molar-refractivity contribution in [3.8, 4) is 11.9 Å². The molecule has 0 saturated heterocycles. The van der Waals surface area contributed by atoms with Crippen LogP contribution in [0, 0.1) is 16.7 Å². The van der Waals surface area contributed by atoms with E-state index in [1.54, 1.807) is 19.9 Å². The van der Waals surface area contributed by atoms with E-state index in [9.17, 15) is 9.90 Å². The lowest BCUT2D eigenvalue weighted by atomic mass is 9.86. The molecule has 22 heavy (non-hydrogen) atoms. The summed E-state index contributed by atoms with van der Waals surface area (Å²) >= 11 is 0. The third kappa shape index (κ3) is 3.51. The summed E-state index contributed by atoms with van der Waals surface area (Å²) in [6, 6.07) is 8.69. The monoisotopic (exact) mass is 299 g/mol. The first-order valence-electron chi connectivity index (χ1n) is 6.79. The number of nitrogens with zero attached hydrogens (tertiary/aromatic N) is 3. The molecule has 114 valence electrons. The molecule has 2 aromatic rings. The van der Waals surface area contributed by atoms with E-state index < -0.39 is 17.5 Å². The number of hydrogen-bond donors (Lipinski definition) is 1. The van der Waals surface area contributed by atoms with Crippen molar-refractivity contribution >= 4 is 5.97 Å². The van der Waals surface area contributed by atoms with Crippen LogP contribution < -0.4 is 4.74 Å². The second kappa shape index (κ2) is 6.41. The molecule has 0 aliphatic rings. The molecular formula is C16H17N3O3. The number of pyridine rings is 1. The van der Waals surface area contributed by atoms with E-state index >= 15 is 0 Å². The SMILES string of the molecule is CC(C)(Cn1cccc1)C(O)C(=O)Oc1ncccc1C#N. The fraction of sp³-hybridized carbons (Fsp3) is 0.312. The van der Waals surface area contributed by atoms with Crippen molar-refractivity contribution in [2.45, 2.75) is 26.5 Å². The fourth-order valence-electron chi connectivity index (χ4n) is 2.06. The van der Waals surface area contributed by atoms with Crippen molar-refractivity contribution in [1.29, 1.82) is 5.26 Å². The lowest BCUT2D eigenvalue weighted by Crippen LogP contribution is -2.41. The minimum Gasteiger partial charge on any atom is -0.404 e. The first-order chi connectivity index (χ1) is 10.4. The summed E-state index contributed by atoms with van der Waals surface area (Å²) in [7, 11) is 0. The number of aromatic nitrogens is 2. The summed E-state index contributed by atoms with van der Waals surface area (Å²) in [6.45, 7) is 3.98. The van der Waals surface area contributed by atoms with E-state index in [-0.39, 0.29) is 11.4 Å². The molecule has 0 fully saturated rings. The number of nitriles is 1. The molecule has 2 heterocycles. The Balaban J connectivity index is 2.10. The van der Waals surface area contributed by atoms with Gasteiger partial charge in [0.25, 0.3) is 0 Å². The largest absolute Gasteiger partial charge is 0.404 e. The average Bonchev–Trinajstić information content (AvgIpc) is 2.99. The predicted octanol–water partition coefficient (Wildman–Crippen LogP) is 1.75. The second-order valence-corrected chi connectivity index (χ2v) is 5.64. The number of carbonyl (C=O) groups is 1. The fourth-order valence-corrected chi connectivity index (χ4v) is 2.06. The van der Waals surface area contributed by atoms with E-state index in [0.717, 1.165) is 0 Å². The van der Waals surface area contributed by atoms with Gasteiger partial charge in [0.15, 0.2) is 6.10 Å². The number of ether oxygens (including phenoxy) is 1. The Hall–Kier alpha value is -2.65. The Morgan fingerprint density at radius 2 is 2.14 bits per heavy atom. The van der Waals surface area contributed by atoms with Gasteiger partial charge in [-0.3, -0.25) is 0 Å². The summed E-state index contributed by atoms with van der Waals surface area (Å²) in [5, 5.41) is 19.2. The van der Waals surface area contributed by atoms with Gasteiger partial charge in [0.1, 0.15) is 11.6 Å². The maximum Gasteiger partial charge on any atom is 0.342 e. The van der Waals surface area contributed by atoms with Gasteiger partial charge in [0, 0.05) is 30.6 Å². The Kier molecular flexibility index (Phi) is 4.59. The molecule has 0 bridgehead atoms. The van der Waals surface area contributed by atoms with Crippen LogP contribution in [0.4, 0.5) is 0 Å². The summed E-state index contributed by atoms with van der Waals surface area (Å²) in [5.74, 6) is -0.918. The summed E-state index contributed by atoms with van der Waals surface area (Å²) in [6.07, 6.45) is 3.78. The Labute approximate surface area is 128 Å². The van der Waals surface area contributed by atoms with Gasteiger partial charge in [0.2, 0.25) is 5.88 Å². The van der Waals surface area contributed by atoms with Crippen LogP contribution in [0.25, 0.3) is 0 Å². The zero-order chi connectivity index (χ0) is 16.2. The highest BCUT2D eigenvalue weighted by Gasteiger charge is 2.35. The Bertz CT molecular complexity index is 687. The Morgan fingerprint density at radius 1 is 1.45 bits per heavy atom. The lowest BCUT2D eigenvalue weighted by Gasteiger charge is -2.29. The van der Waals surface area contributed by atoms with Gasteiger partial charge in [-0.05, 0) is 24.3 Å². The quantitative estimate of drug-likeness (QED) is 0.850. The van der Waals surface area contributed by atoms with Crippen LogP contribution in [0.15, 0.2) is 42.9 Å². The summed E-state index contributed by atoms with van der Waals surface area (Å²) in [4.78, 5) is 16.0. The van der Waals surface area contributed by atoms with Gasteiger partial charge in [0.05, 0.1) is 0 Å². The molecule has 0 aliphatic heterocycles. The average molecular weight is 299 g/mol. The molecule has 0 spiro atoms. The van der Waals surface area contributed by atoms with Crippen molar-refractivity contribution in [3.05, 3.63) is 48.4 Å². The number of hydrogen-bond acceptors (Lipinski definition) is 5. The molecule has 0 aromatic carbocycles. The molecule has 1 N–H and O–H groups in total. The van der Waals surface area contributed by atoms with E-state index in [2.05, 4.69) is 4.98 Å². The normalized spacial score (nSPS) is 12.5. The van der Waals surface area contributed by atoms with Crippen LogP contribution in [-0.4, -0.2) is 26.7 Å². The molecule has 0 saturated carbocycles. The lowest BCUT2D eigenvalue weighted by molar-refractivity contribution is -0.151. The Morgan fingerprint density at radius 3 is 2.77 bits per heavy atom. The highest BCUT2D eigenvalue weighted by atomic mass is 16.6. The first-order valence-corrected chi connectivity index (χ1v) is 6.79. The van der Waals surface area contributed by atoms with Gasteiger partial charge in [-0.1, -0.05) is 13.8 Å². The minimum atomic E-state index is -1.34. The zero-order valence-electron chi connectivity index (χ0n) is 12.4. The van der Waals surface area contributed by atoms with Crippen LogP contribution in [0.5, 0.6) is 5.88 Å². The van der Waals surface area contributed by atoms with Crippen molar-refractivity contribution in [3.63, 3.8) is 0 Å². The number of aliphatic hydroxyl groups is 1. The van der Waals surface area contributed by atoms with Gasteiger partial charge in [-0.2, -0.15) is 5.26 Å². The minimum absolute atomic E-state index is 0.0918. The van der Waals surface area contributed by atoms with Crippen molar-refractivity contribution < 1.29 is 14.6 Å². The standard InChI is InChI=1S/C16H17N3O3/c1-16(2,11-19-8-3-4-9-19)13(20)15(21)22-14-12(10-17)6-5-7-18-14/h3-9,13,20H,11H2,1-2H3. The van der Waals surface area contributed by atoms with Crippen LogP contribution in [0.2, 0.25) is 0 Å². The molecular weight excluding hydrogens is 282 g/mol. The molecule has 2 aromatic heterocycles. The van der Waals surface area contributed by atoms with E-state index in [1.807, 2.05) is 35.2 Å². The molecule has 6 heteroatoms. The third-order valence-corrected chi connectivity index (χ3v) is 3.31. The molecule has 0 aliphatic carbocycles. The van der Waals surface area contributed by atoms with Gasteiger partial charge < -0.3 is 14.4 Å². The molecule has 0 radical (unpaired) electrons. The molecule has 1 unspecified atom stereocenters. The number of carbonyl (C=O) groups excluding carboxylic acids is 1. The zero-order valence-corrected chi connectivity index (χ0v) is 12.4. The number of esters is 1. The van der Waals surface area contributed by atoms with Crippen LogP contribution >= 0.6 is 0 Å². The molecule has 1 atom stereocenters. The maximum absolute atomic E-state index is 12.1. The second-order valence-electron chi connectivity index (χ2n) is 5.64. The maximum atomic E-state index is 12.1. The predicted molar refractivity (Wildman–Crippen MR) is 78.8 cm³/mol. The van der Waals surface area contributed by atoms with Crippen LogP contribution in [0.1, 0.15) is 19.4 Å². The highest BCUT2D eigenvalue weighted by molar-refractivity contribution is 5.78. The first kappa shape index (κ1) is 15.7. The number of aliphatic hydroxyl groups excluding tert-OH is 1. The number of rotatable bonds is 5. The van der Waals surface area contributed by atoms with Gasteiger partial charge in [-0.15, -0.1) is 0 Å². The molecule has 2 rings (SSSR count). The van der Waals surface area contributed by atoms with E-state index in [0.29, 0.717) is 6.54 Å². The molecule has 0 amide bonds. The third-order valence-electron chi connectivity index (χ3n) is 3.31. The van der Waals surface area contributed by atoms with Crippen LogP contribution in [-0.2, 0) is 11.3 Å².